The summed E-state index contributed by atoms with van der Waals surface area (Å²) in [5, 5.41) is 8.61. The molecule has 0 aliphatic rings. The van der Waals surface area contributed by atoms with E-state index in [0.29, 0.717) is 5.56 Å². The summed E-state index contributed by atoms with van der Waals surface area (Å²) in [6.45, 7) is 2.81. The molecule has 0 aromatic carbocycles. The Bertz CT molecular complexity index is 321. The average molecular weight is 159 g/mol. The maximum Gasteiger partial charge on any atom is 0.186 e. The predicted octanol–water partition coefficient (Wildman–Crippen LogP) is 1.42. The molecule has 0 saturated heterocycles. The van der Waals surface area contributed by atoms with Gasteiger partial charge in [0.25, 0.3) is 0 Å². The minimum Gasteiger partial charge on any atom is -0.200 e. The quantitative estimate of drug-likeness (QED) is 0.473. The summed E-state index contributed by atoms with van der Waals surface area (Å²) in [7, 11) is 0. The number of hydrogen-bond acceptors (Lipinski definition) is 1. The summed E-state index contributed by atoms with van der Waals surface area (Å²) in [5.41, 5.74) is 0.696. The third kappa shape index (κ3) is 2.21. The Morgan fingerprint density at radius 3 is 3.17 bits per heavy atom. The molecule has 0 bridgehead atoms. The molecule has 0 spiro atoms. The summed E-state index contributed by atoms with van der Waals surface area (Å²) < 4.78 is 1.97. The Hall–Kier alpha value is -1.62. The van der Waals surface area contributed by atoms with Crippen LogP contribution in [-0.2, 0) is 6.54 Å². The van der Waals surface area contributed by atoms with Crippen molar-refractivity contribution < 1.29 is 4.57 Å². The van der Waals surface area contributed by atoms with E-state index >= 15 is 0 Å². The van der Waals surface area contributed by atoms with E-state index < -0.39 is 0 Å². The Morgan fingerprint density at radius 2 is 2.50 bits per heavy atom. The second-order valence-electron chi connectivity index (χ2n) is 2.47. The number of aromatic nitrogens is 1. The van der Waals surface area contributed by atoms with Crippen molar-refractivity contribution >= 4 is 0 Å². The van der Waals surface area contributed by atoms with E-state index in [-0.39, 0.29) is 0 Å². The Kier molecular flexibility index (Phi) is 3.04. The monoisotopic (exact) mass is 159 g/mol. The van der Waals surface area contributed by atoms with Gasteiger partial charge < -0.3 is 0 Å². The zero-order valence-electron chi connectivity index (χ0n) is 7.07. The first kappa shape index (κ1) is 8.48. The van der Waals surface area contributed by atoms with E-state index in [2.05, 4.69) is 6.07 Å². The van der Waals surface area contributed by atoms with E-state index in [4.69, 9.17) is 5.26 Å². The van der Waals surface area contributed by atoms with Crippen molar-refractivity contribution in [2.45, 2.75) is 13.5 Å². The SMILES string of the molecule is C/C=C/C[n+]1cccc(C#N)c1. The summed E-state index contributed by atoms with van der Waals surface area (Å²) in [4.78, 5) is 0. The van der Waals surface area contributed by atoms with Crippen molar-refractivity contribution in [3.8, 4) is 6.07 Å². The largest absolute Gasteiger partial charge is 0.200 e. The summed E-state index contributed by atoms with van der Waals surface area (Å²) in [5.74, 6) is 0. The molecule has 0 saturated carbocycles. The standard InChI is InChI=1S/C10H11N2/c1-2-3-6-12-7-4-5-10(8-11)9-12/h2-5,7,9H,6H2,1H3/q+1/b3-2+. The fourth-order valence-corrected chi connectivity index (χ4v) is 0.929. The first-order valence-corrected chi connectivity index (χ1v) is 3.87. The maximum atomic E-state index is 8.61. The van der Waals surface area contributed by atoms with Crippen LogP contribution in [0.25, 0.3) is 0 Å². The van der Waals surface area contributed by atoms with Gasteiger partial charge in [0.2, 0.25) is 0 Å². The fourth-order valence-electron chi connectivity index (χ4n) is 0.929. The predicted molar refractivity (Wildman–Crippen MR) is 46.2 cm³/mol. The van der Waals surface area contributed by atoms with Gasteiger partial charge in [0.1, 0.15) is 11.6 Å². The van der Waals surface area contributed by atoms with Crippen LogP contribution in [0.15, 0.2) is 36.7 Å². The highest BCUT2D eigenvalue weighted by Crippen LogP contribution is 1.89. The highest BCUT2D eigenvalue weighted by molar-refractivity contribution is 5.21. The molecule has 1 aromatic rings. The van der Waals surface area contributed by atoms with Crippen molar-refractivity contribution in [2.24, 2.45) is 0 Å². The lowest BCUT2D eigenvalue weighted by Crippen LogP contribution is -2.31. The van der Waals surface area contributed by atoms with E-state index in [1.165, 1.54) is 0 Å². The van der Waals surface area contributed by atoms with Gasteiger partial charge in [-0.25, -0.2) is 4.57 Å². The number of nitriles is 1. The van der Waals surface area contributed by atoms with Crippen LogP contribution in [0.1, 0.15) is 12.5 Å². The lowest BCUT2D eigenvalue weighted by atomic mass is 10.3. The number of rotatable bonds is 2. The molecule has 2 heteroatoms. The molecule has 1 heterocycles. The number of hydrogen-bond donors (Lipinski definition) is 0. The first-order chi connectivity index (χ1) is 5.86. The summed E-state index contributed by atoms with van der Waals surface area (Å²) >= 11 is 0. The van der Waals surface area contributed by atoms with Crippen molar-refractivity contribution in [3.05, 3.63) is 42.2 Å². The minimum absolute atomic E-state index is 0.696. The topological polar surface area (TPSA) is 27.7 Å². The molecule has 0 aliphatic heterocycles. The molecular weight excluding hydrogens is 148 g/mol. The van der Waals surface area contributed by atoms with E-state index in [1.54, 1.807) is 6.07 Å². The molecule has 0 amide bonds. The van der Waals surface area contributed by atoms with Crippen LogP contribution >= 0.6 is 0 Å². The summed E-state index contributed by atoms with van der Waals surface area (Å²) in [6.07, 6.45) is 7.81. The van der Waals surface area contributed by atoms with Crippen molar-refractivity contribution in [1.82, 2.24) is 0 Å². The number of allylic oxidation sites excluding steroid dienone is 2. The van der Waals surface area contributed by atoms with Crippen LogP contribution in [0.2, 0.25) is 0 Å². The zero-order valence-corrected chi connectivity index (χ0v) is 7.07. The van der Waals surface area contributed by atoms with Gasteiger partial charge in [0.05, 0.1) is 0 Å². The zero-order chi connectivity index (χ0) is 8.81. The van der Waals surface area contributed by atoms with Gasteiger partial charge >= 0.3 is 0 Å². The van der Waals surface area contributed by atoms with Crippen molar-refractivity contribution in [2.75, 3.05) is 0 Å². The smallest absolute Gasteiger partial charge is 0.186 e. The molecule has 0 N–H and O–H groups in total. The first-order valence-electron chi connectivity index (χ1n) is 3.87. The molecule has 1 aromatic heterocycles. The fraction of sp³-hybridized carbons (Fsp3) is 0.200. The maximum absolute atomic E-state index is 8.61. The van der Waals surface area contributed by atoms with Crippen LogP contribution in [-0.4, -0.2) is 0 Å². The molecule has 0 aliphatic carbocycles. The van der Waals surface area contributed by atoms with Gasteiger partial charge in [-0.2, -0.15) is 5.26 Å². The van der Waals surface area contributed by atoms with Gasteiger partial charge in [-0.05, 0) is 19.1 Å². The van der Waals surface area contributed by atoms with Gasteiger partial charge in [-0.1, -0.05) is 6.08 Å². The molecule has 0 unspecified atom stereocenters. The lowest BCUT2D eigenvalue weighted by molar-refractivity contribution is -0.687. The van der Waals surface area contributed by atoms with E-state index in [9.17, 15) is 0 Å². The Balaban J connectivity index is 2.81. The third-order valence-corrected chi connectivity index (χ3v) is 1.54. The average Bonchev–Trinajstić information content (AvgIpc) is 2.15. The van der Waals surface area contributed by atoms with Gasteiger partial charge in [0, 0.05) is 6.07 Å². The van der Waals surface area contributed by atoms with E-state index in [0.717, 1.165) is 6.54 Å². The molecule has 1 rings (SSSR count). The van der Waals surface area contributed by atoms with Gasteiger partial charge in [0.15, 0.2) is 18.9 Å². The molecule has 0 atom stereocenters. The van der Waals surface area contributed by atoms with Crippen LogP contribution in [0.5, 0.6) is 0 Å². The third-order valence-electron chi connectivity index (χ3n) is 1.54. The summed E-state index contributed by atoms with van der Waals surface area (Å²) in [6, 6.07) is 5.77. The second-order valence-corrected chi connectivity index (χ2v) is 2.47. The highest BCUT2D eigenvalue weighted by atomic mass is 14.9. The molecular formula is C10H11N2+. The molecule has 0 fully saturated rings. The lowest BCUT2D eigenvalue weighted by Gasteiger charge is -1.90. The second kappa shape index (κ2) is 4.30. The van der Waals surface area contributed by atoms with Crippen LogP contribution in [0.3, 0.4) is 0 Å². The van der Waals surface area contributed by atoms with Crippen LogP contribution in [0, 0.1) is 11.3 Å². The highest BCUT2D eigenvalue weighted by Gasteiger charge is 1.97. The molecule has 2 nitrogen and oxygen atoms in total. The molecule has 60 valence electrons. The van der Waals surface area contributed by atoms with Crippen LogP contribution < -0.4 is 4.57 Å². The van der Waals surface area contributed by atoms with Gasteiger partial charge in [-0.15, -0.1) is 0 Å². The number of nitrogens with zero attached hydrogens (tertiary/aromatic N) is 2. The number of pyridine rings is 1. The Labute approximate surface area is 72.4 Å². The minimum atomic E-state index is 0.696. The van der Waals surface area contributed by atoms with Crippen molar-refractivity contribution in [3.63, 3.8) is 0 Å². The Morgan fingerprint density at radius 1 is 1.67 bits per heavy atom. The van der Waals surface area contributed by atoms with Crippen LogP contribution in [0.4, 0.5) is 0 Å². The molecule has 0 radical (unpaired) electrons. The molecule has 12 heavy (non-hydrogen) atoms. The van der Waals surface area contributed by atoms with E-state index in [1.807, 2.05) is 42.1 Å². The normalized spacial score (nSPS) is 10.0. The van der Waals surface area contributed by atoms with Gasteiger partial charge in [-0.3, -0.25) is 0 Å². The van der Waals surface area contributed by atoms with Crippen molar-refractivity contribution in [1.29, 1.82) is 5.26 Å².